The molecule has 0 aliphatic carbocycles. The molecule has 4 nitrogen and oxygen atoms in total. The average Bonchev–Trinajstić information content (AvgIpc) is 3.14. The highest BCUT2D eigenvalue weighted by Crippen LogP contribution is 2.15. The molecule has 1 amide bonds. The molecule has 1 saturated heterocycles. The van der Waals surface area contributed by atoms with Gasteiger partial charge in [0.2, 0.25) is 0 Å². The molecule has 1 aliphatic rings. The van der Waals surface area contributed by atoms with Gasteiger partial charge in [0.25, 0.3) is 5.91 Å². The summed E-state index contributed by atoms with van der Waals surface area (Å²) in [7, 11) is 0. The lowest BCUT2D eigenvalue weighted by Gasteiger charge is -2.10. The van der Waals surface area contributed by atoms with Crippen LogP contribution < -0.4 is 15.4 Å². The van der Waals surface area contributed by atoms with E-state index in [1.165, 1.54) is 18.6 Å². The first-order valence-corrected chi connectivity index (χ1v) is 8.67. The van der Waals surface area contributed by atoms with E-state index < -0.39 is 0 Å². The van der Waals surface area contributed by atoms with E-state index in [4.69, 9.17) is 4.74 Å². The predicted octanol–water partition coefficient (Wildman–Crippen LogP) is 3.13. The molecule has 3 rings (SSSR count). The van der Waals surface area contributed by atoms with Gasteiger partial charge in [0, 0.05) is 18.2 Å². The maximum atomic E-state index is 13.2. The molecule has 1 heterocycles. The van der Waals surface area contributed by atoms with Gasteiger partial charge < -0.3 is 15.4 Å². The van der Waals surface area contributed by atoms with E-state index in [2.05, 4.69) is 10.6 Å². The maximum Gasteiger partial charge on any atom is 0.251 e. The lowest BCUT2D eigenvalue weighted by Crippen LogP contribution is -2.26. The van der Waals surface area contributed by atoms with E-state index in [0.29, 0.717) is 23.8 Å². The zero-order valence-corrected chi connectivity index (χ0v) is 14.1. The van der Waals surface area contributed by atoms with Crippen molar-refractivity contribution in [3.05, 3.63) is 65.5 Å². The third kappa shape index (κ3) is 5.29. The van der Waals surface area contributed by atoms with E-state index in [1.807, 2.05) is 18.2 Å². The Hall–Kier alpha value is -2.40. The number of nitrogens with one attached hydrogen (secondary N) is 2. The molecule has 2 N–H and O–H groups in total. The lowest BCUT2D eigenvalue weighted by atomic mass is 10.1. The number of hydrogen-bond acceptors (Lipinski definition) is 3. The molecule has 1 aliphatic heterocycles. The minimum atomic E-state index is -0.330. The smallest absolute Gasteiger partial charge is 0.251 e. The first kappa shape index (κ1) is 17.4. The van der Waals surface area contributed by atoms with Gasteiger partial charge >= 0.3 is 0 Å². The summed E-state index contributed by atoms with van der Waals surface area (Å²) in [6.07, 6.45) is 2.18. The van der Waals surface area contributed by atoms with Gasteiger partial charge in [-0.25, -0.2) is 4.39 Å². The predicted molar refractivity (Wildman–Crippen MR) is 95.1 cm³/mol. The minimum Gasteiger partial charge on any atom is -0.489 e. The number of ether oxygens (including phenoxy) is 1. The van der Waals surface area contributed by atoms with Crippen molar-refractivity contribution in [2.45, 2.75) is 19.4 Å². The number of carbonyl (C=O) groups is 1. The Bertz CT molecular complexity index is 714. The normalized spacial score (nSPS) is 16.6. The summed E-state index contributed by atoms with van der Waals surface area (Å²) in [5.74, 6) is 0.730. The second kappa shape index (κ2) is 8.62. The number of rotatable bonds is 7. The fourth-order valence-electron chi connectivity index (χ4n) is 2.98. The standard InChI is InChI=1S/C20H23FN2O2/c21-18-5-2-6-19(12-18)25-14-16-3-1-4-17(11-16)20(24)23-10-8-15-7-9-22-13-15/h1-6,11-12,15,22H,7-10,13-14H2,(H,23,24). The second-order valence-electron chi connectivity index (χ2n) is 6.35. The fraction of sp³-hybridized carbons (Fsp3) is 0.350. The van der Waals surface area contributed by atoms with Gasteiger partial charge in [-0.3, -0.25) is 4.79 Å². The molecule has 5 heteroatoms. The van der Waals surface area contributed by atoms with Crippen LogP contribution >= 0.6 is 0 Å². The highest BCUT2D eigenvalue weighted by atomic mass is 19.1. The van der Waals surface area contributed by atoms with Crippen molar-refractivity contribution in [3.8, 4) is 5.75 Å². The topological polar surface area (TPSA) is 50.4 Å². The zero-order chi connectivity index (χ0) is 17.5. The molecule has 2 aromatic rings. The molecule has 0 spiro atoms. The largest absolute Gasteiger partial charge is 0.489 e. The Morgan fingerprint density at radius 3 is 2.92 bits per heavy atom. The molecule has 25 heavy (non-hydrogen) atoms. The van der Waals surface area contributed by atoms with Crippen molar-refractivity contribution in [1.82, 2.24) is 10.6 Å². The highest BCUT2D eigenvalue weighted by Gasteiger charge is 2.14. The fourth-order valence-corrected chi connectivity index (χ4v) is 2.98. The Balaban J connectivity index is 1.50. The molecule has 132 valence electrons. The van der Waals surface area contributed by atoms with Crippen LogP contribution in [0, 0.1) is 11.7 Å². The summed E-state index contributed by atoms with van der Waals surface area (Å²) in [4.78, 5) is 12.3. The average molecular weight is 342 g/mol. The third-order valence-corrected chi connectivity index (χ3v) is 4.39. The van der Waals surface area contributed by atoms with E-state index in [9.17, 15) is 9.18 Å². The minimum absolute atomic E-state index is 0.0708. The van der Waals surface area contributed by atoms with Crippen LogP contribution in [0.25, 0.3) is 0 Å². The van der Waals surface area contributed by atoms with Gasteiger partial charge in [-0.05, 0) is 61.7 Å². The summed E-state index contributed by atoms with van der Waals surface area (Å²) in [6.45, 7) is 3.10. The van der Waals surface area contributed by atoms with Crippen LogP contribution in [0.3, 0.4) is 0 Å². The summed E-state index contributed by atoms with van der Waals surface area (Å²) in [5.41, 5.74) is 1.49. The van der Waals surface area contributed by atoms with Gasteiger partial charge in [0.15, 0.2) is 0 Å². The van der Waals surface area contributed by atoms with Crippen LogP contribution in [0.1, 0.15) is 28.8 Å². The van der Waals surface area contributed by atoms with Gasteiger partial charge in [0.05, 0.1) is 0 Å². The Labute approximate surface area is 147 Å². The first-order valence-electron chi connectivity index (χ1n) is 8.67. The maximum absolute atomic E-state index is 13.2. The summed E-state index contributed by atoms with van der Waals surface area (Å²) in [5, 5.41) is 6.31. The van der Waals surface area contributed by atoms with E-state index >= 15 is 0 Å². The molecule has 0 radical (unpaired) electrons. The molecule has 1 atom stereocenters. The summed E-state index contributed by atoms with van der Waals surface area (Å²) >= 11 is 0. The molecule has 0 aromatic heterocycles. The van der Waals surface area contributed by atoms with Crippen LogP contribution in [0.15, 0.2) is 48.5 Å². The van der Waals surface area contributed by atoms with Crippen molar-refractivity contribution in [1.29, 1.82) is 0 Å². The number of carbonyl (C=O) groups excluding carboxylic acids is 1. The molecule has 2 aromatic carbocycles. The third-order valence-electron chi connectivity index (χ3n) is 4.39. The van der Waals surface area contributed by atoms with Crippen LogP contribution in [-0.2, 0) is 6.61 Å². The molecule has 1 unspecified atom stereocenters. The van der Waals surface area contributed by atoms with Crippen molar-refractivity contribution in [2.75, 3.05) is 19.6 Å². The number of benzene rings is 2. The zero-order valence-electron chi connectivity index (χ0n) is 14.1. The molecule has 1 fully saturated rings. The van der Waals surface area contributed by atoms with Gasteiger partial charge in [-0.2, -0.15) is 0 Å². The monoisotopic (exact) mass is 342 g/mol. The van der Waals surface area contributed by atoms with Crippen LogP contribution in [0.4, 0.5) is 4.39 Å². The molecular weight excluding hydrogens is 319 g/mol. The van der Waals surface area contributed by atoms with Crippen molar-refractivity contribution < 1.29 is 13.9 Å². The Kier molecular flexibility index (Phi) is 6.01. The molecule has 0 saturated carbocycles. The summed E-state index contributed by atoms with van der Waals surface area (Å²) < 4.78 is 18.7. The SMILES string of the molecule is O=C(NCCC1CCNC1)c1cccc(COc2cccc(F)c2)c1. The Morgan fingerprint density at radius 2 is 2.12 bits per heavy atom. The second-order valence-corrected chi connectivity index (χ2v) is 6.35. The van der Waals surface area contributed by atoms with Gasteiger partial charge in [-0.1, -0.05) is 18.2 Å². The molecule has 0 bridgehead atoms. The lowest BCUT2D eigenvalue weighted by molar-refractivity contribution is 0.0951. The van der Waals surface area contributed by atoms with Crippen molar-refractivity contribution >= 4 is 5.91 Å². The van der Waals surface area contributed by atoms with E-state index in [0.717, 1.165) is 25.1 Å². The summed E-state index contributed by atoms with van der Waals surface area (Å²) in [6, 6.07) is 13.4. The quantitative estimate of drug-likeness (QED) is 0.813. The van der Waals surface area contributed by atoms with Crippen LogP contribution in [-0.4, -0.2) is 25.5 Å². The van der Waals surface area contributed by atoms with Crippen LogP contribution in [0.2, 0.25) is 0 Å². The van der Waals surface area contributed by atoms with Crippen molar-refractivity contribution in [3.63, 3.8) is 0 Å². The first-order chi connectivity index (χ1) is 12.2. The highest BCUT2D eigenvalue weighted by molar-refractivity contribution is 5.94. The number of halogens is 1. The Morgan fingerprint density at radius 1 is 1.24 bits per heavy atom. The number of amides is 1. The van der Waals surface area contributed by atoms with Gasteiger partial charge in [-0.15, -0.1) is 0 Å². The van der Waals surface area contributed by atoms with Crippen molar-refractivity contribution in [2.24, 2.45) is 5.92 Å². The number of hydrogen-bond donors (Lipinski definition) is 2. The van der Waals surface area contributed by atoms with E-state index in [1.54, 1.807) is 18.2 Å². The molecular formula is C20H23FN2O2. The van der Waals surface area contributed by atoms with E-state index in [-0.39, 0.29) is 18.3 Å². The van der Waals surface area contributed by atoms with Gasteiger partial charge in [0.1, 0.15) is 18.2 Å². The van der Waals surface area contributed by atoms with Crippen LogP contribution in [0.5, 0.6) is 5.75 Å².